The van der Waals surface area contributed by atoms with Crippen molar-refractivity contribution in [1.29, 1.82) is 0 Å². The van der Waals surface area contributed by atoms with Crippen molar-refractivity contribution in [3.8, 4) is 11.5 Å². The number of ether oxygens (including phenoxy) is 2. The first-order valence-corrected chi connectivity index (χ1v) is 13.3. The smallest absolute Gasteiger partial charge is 0.295 e. The van der Waals surface area contributed by atoms with E-state index in [4.69, 9.17) is 9.47 Å². The van der Waals surface area contributed by atoms with Gasteiger partial charge in [0.05, 0.1) is 18.7 Å². The van der Waals surface area contributed by atoms with Crippen molar-refractivity contribution >= 4 is 17.4 Å². The predicted molar refractivity (Wildman–Crippen MR) is 153 cm³/mol. The number of amides is 1. The van der Waals surface area contributed by atoms with E-state index >= 15 is 0 Å². The first-order valence-electron chi connectivity index (χ1n) is 13.3. The number of Topliss-reactive ketones (excluding diaryl/α,β-unsaturated/α-hetero) is 1. The lowest BCUT2D eigenvalue weighted by Crippen LogP contribution is -2.30. The molecule has 3 aromatic carbocycles. The number of benzene rings is 3. The second-order valence-corrected chi connectivity index (χ2v) is 11.0. The molecule has 0 aromatic heterocycles. The van der Waals surface area contributed by atoms with E-state index < -0.39 is 17.7 Å². The highest BCUT2D eigenvalue weighted by Gasteiger charge is 2.46. The van der Waals surface area contributed by atoms with Crippen molar-refractivity contribution in [1.82, 2.24) is 4.90 Å². The van der Waals surface area contributed by atoms with Gasteiger partial charge in [-0.05, 0) is 59.2 Å². The molecule has 0 spiro atoms. The van der Waals surface area contributed by atoms with Gasteiger partial charge in [-0.25, -0.2) is 0 Å². The van der Waals surface area contributed by atoms with Gasteiger partial charge in [0.25, 0.3) is 11.7 Å². The summed E-state index contributed by atoms with van der Waals surface area (Å²) in [7, 11) is 1.57. The van der Waals surface area contributed by atoms with Crippen molar-refractivity contribution in [2.24, 2.45) is 0 Å². The van der Waals surface area contributed by atoms with Gasteiger partial charge in [0.15, 0.2) is 11.5 Å². The molecule has 0 bridgehead atoms. The number of methoxy groups -OCH3 is 1. The summed E-state index contributed by atoms with van der Waals surface area (Å²) in [6.45, 7) is 10.8. The van der Waals surface area contributed by atoms with Crippen LogP contribution >= 0.6 is 0 Å². The molecule has 0 aliphatic carbocycles. The lowest BCUT2D eigenvalue weighted by Gasteiger charge is -2.26. The van der Waals surface area contributed by atoms with E-state index in [2.05, 4.69) is 20.8 Å². The summed E-state index contributed by atoms with van der Waals surface area (Å²) < 4.78 is 11.7. The summed E-state index contributed by atoms with van der Waals surface area (Å²) >= 11 is 0. The van der Waals surface area contributed by atoms with Crippen LogP contribution in [0.15, 0.2) is 72.3 Å². The van der Waals surface area contributed by atoms with Gasteiger partial charge in [-0.3, -0.25) is 9.59 Å². The molecule has 1 unspecified atom stereocenters. The molecule has 1 aliphatic heterocycles. The number of carbonyl (C=O) groups excluding carboxylic acids is 2. The topological polar surface area (TPSA) is 76.1 Å². The first kappa shape index (κ1) is 28.0. The van der Waals surface area contributed by atoms with E-state index in [1.165, 1.54) is 0 Å². The third-order valence-corrected chi connectivity index (χ3v) is 7.10. The molecule has 39 heavy (non-hydrogen) atoms. The maximum atomic E-state index is 13.4. The molecule has 1 heterocycles. The van der Waals surface area contributed by atoms with Crippen LogP contribution in [0.2, 0.25) is 0 Å². The van der Waals surface area contributed by atoms with Crippen LogP contribution in [0.5, 0.6) is 11.5 Å². The molecule has 0 radical (unpaired) electrons. The number of ketones is 1. The summed E-state index contributed by atoms with van der Waals surface area (Å²) in [4.78, 5) is 28.2. The Labute approximate surface area is 230 Å². The molecule has 1 N–H and O–H groups in total. The summed E-state index contributed by atoms with van der Waals surface area (Å²) in [6, 6.07) is 20.3. The molecule has 204 valence electrons. The standard InChI is InChI=1S/C33H37NO5/c1-7-17-34-29(23-14-16-26(38-6)27(18-23)39-20-22-11-9-8-10-12-22)28(31(36)32(34)37)30(35)25-19-24(33(3,4)5)15-13-21(25)2/h8-16,18-19,29,35H,7,17,20H2,1-6H3/b30-28+. The normalized spacial score (nSPS) is 17.0. The van der Waals surface area contributed by atoms with E-state index in [0.29, 0.717) is 42.2 Å². The highest BCUT2D eigenvalue weighted by atomic mass is 16.5. The summed E-state index contributed by atoms with van der Waals surface area (Å²) in [5.41, 5.74) is 3.99. The Morgan fingerprint density at radius 3 is 2.33 bits per heavy atom. The van der Waals surface area contributed by atoms with Crippen LogP contribution in [0.1, 0.15) is 68.0 Å². The Balaban J connectivity index is 1.84. The van der Waals surface area contributed by atoms with Crippen molar-refractivity contribution < 1.29 is 24.2 Å². The Morgan fingerprint density at radius 2 is 1.69 bits per heavy atom. The number of hydrogen-bond acceptors (Lipinski definition) is 5. The number of hydrogen-bond donors (Lipinski definition) is 1. The molecule has 0 saturated carbocycles. The molecular formula is C33H37NO5. The number of carbonyl (C=O) groups is 2. The zero-order valence-corrected chi connectivity index (χ0v) is 23.6. The zero-order valence-electron chi connectivity index (χ0n) is 23.6. The monoisotopic (exact) mass is 527 g/mol. The molecule has 1 amide bonds. The van der Waals surface area contributed by atoms with Crippen LogP contribution in [-0.4, -0.2) is 35.4 Å². The minimum absolute atomic E-state index is 0.0850. The van der Waals surface area contributed by atoms with E-state index in [0.717, 1.165) is 16.7 Å². The number of rotatable bonds is 8. The number of likely N-dealkylation sites (tertiary alicyclic amines) is 1. The maximum Gasteiger partial charge on any atom is 0.295 e. The van der Waals surface area contributed by atoms with Crippen LogP contribution < -0.4 is 9.47 Å². The van der Waals surface area contributed by atoms with Crippen molar-refractivity contribution in [2.75, 3.05) is 13.7 Å². The fourth-order valence-electron chi connectivity index (χ4n) is 4.90. The number of aryl methyl sites for hydroxylation is 1. The molecule has 1 fully saturated rings. The van der Waals surface area contributed by atoms with Gasteiger partial charge in [0, 0.05) is 12.1 Å². The first-order chi connectivity index (χ1) is 18.6. The maximum absolute atomic E-state index is 13.4. The Hall–Kier alpha value is -4.06. The SMILES string of the molecule is CCCN1C(=O)C(=O)/C(=C(/O)c2cc(C(C)(C)C)ccc2C)C1c1ccc(OC)c(OCc2ccccc2)c1. The van der Waals surface area contributed by atoms with Gasteiger partial charge >= 0.3 is 0 Å². The van der Waals surface area contributed by atoms with Crippen molar-refractivity contribution in [3.63, 3.8) is 0 Å². The molecule has 1 atom stereocenters. The lowest BCUT2D eigenvalue weighted by atomic mass is 9.84. The van der Waals surface area contributed by atoms with Crippen LogP contribution in [0.3, 0.4) is 0 Å². The average Bonchev–Trinajstić information content (AvgIpc) is 3.16. The summed E-state index contributed by atoms with van der Waals surface area (Å²) in [5, 5.41) is 11.6. The third kappa shape index (κ3) is 5.70. The Kier molecular flexibility index (Phi) is 8.14. The van der Waals surface area contributed by atoms with Gasteiger partial charge in [0.2, 0.25) is 0 Å². The quantitative estimate of drug-likeness (QED) is 0.200. The molecule has 4 rings (SSSR count). The fraction of sp³-hybridized carbons (Fsp3) is 0.333. The molecule has 6 nitrogen and oxygen atoms in total. The minimum atomic E-state index is -0.757. The van der Waals surface area contributed by atoms with Crippen LogP contribution in [0, 0.1) is 6.92 Å². The second-order valence-electron chi connectivity index (χ2n) is 11.0. The Morgan fingerprint density at radius 1 is 0.974 bits per heavy atom. The van der Waals surface area contributed by atoms with E-state index in [9.17, 15) is 14.7 Å². The van der Waals surface area contributed by atoms with E-state index in [1.807, 2.05) is 68.4 Å². The second kappa shape index (κ2) is 11.4. The molecule has 3 aromatic rings. The summed E-state index contributed by atoms with van der Waals surface area (Å²) in [5.74, 6) is -0.435. The van der Waals surface area contributed by atoms with Crippen LogP contribution in [0.4, 0.5) is 0 Å². The number of aliphatic hydroxyl groups is 1. The fourth-order valence-corrected chi connectivity index (χ4v) is 4.90. The number of aliphatic hydroxyl groups excluding tert-OH is 1. The largest absolute Gasteiger partial charge is 0.507 e. The van der Waals surface area contributed by atoms with Gasteiger partial charge < -0.3 is 19.5 Å². The van der Waals surface area contributed by atoms with Gasteiger partial charge in [0.1, 0.15) is 12.4 Å². The third-order valence-electron chi connectivity index (χ3n) is 7.10. The van der Waals surface area contributed by atoms with Crippen LogP contribution in [0.25, 0.3) is 5.76 Å². The lowest BCUT2D eigenvalue weighted by molar-refractivity contribution is -0.139. The van der Waals surface area contributed by atoms with Crippen molar-refractivity contribution in [2.45, 2.75) is 59.1 Å². The molecular weight excluding hydrogens is 490 g/mol. The van der Waals surface area contributed by atoms with Gasteiger partial charge in [-0.15, -0.1) is 0 Å². The Bertz CT molecular complexity index is 1400. The van der Waals surface area contributed by atoms with E-state index in [-0.39, 0.29) is 16.7 Å². The van der Waals surface area contributed by atoms with Crippen LogP contribution in [-0.2, 0) is 21.6 Å². The predicted octanol–water partition coefficient (Wildman–Crippen LogP) is 6.71. The highest BCUT2D eigenvalue weighted by Crippen LogP contribution is 2.43. The highest BCUT2D eigenvalue weighted by molar-refractivity contribution is 6.46. The zero-order chi connectivity index (χ0) is 28.3. The molecule has 6 heteroatoms. The average molecular weight is 528 g/mol. The molecule has 1 aliphatic rings. The minimum Gasteiger partial charge on any atom is -0.507 e. The van der Waals surface area contributed by atoms with E-state index in [1.54, 1.807) is 24.1 Å². The summed E-state index contributed by atoms with van der Waals surface area (Å²) in [6.07, 6.45) is 0.662. The van der Waals surface area contributed by atoms with Crippen molar-refractivity contribution in [3.05, 3.63) is 100 Å². The van der Waals surface area contributed by atoms with Gasteiger partial charge in [-0.2, -0.15) is 0 Å². The molecule has 1 saturated heterocycles. The number of nitrogens with zero attached hydrogens (tertiary/aromatic N) is 1. The van der Waals surface area contributed by atoms with Gasteiger partial charge in [-0.1, -0.05) is 76.2 Å².